The highest BCUT2D eigenvalue weighted by Crippen LogP contribution is 2.28. The molecule has 0 aromatic heterocycles. The zero-order valence-electron chi connectivity index (χ0n) is 16.3. The largest absolute Gasteiger partial charge is 0.481 e. The molecule has 0 spiro atoms. The Morgan fingerprint density at radius 3 is 1.81 bits per heavy atom. The molecule has 1 aliphatic carbocycles. The maximum absolute atomic E-state index is 10.9. The van der Waals surface area contributed by atoms with Crippen LogP contribution < -0.4 is 0 Å². The van der Waals surface area contributed by atoms with Gasteiger partial charge in [-0.2, -0.15) is 0 Å². The summed E-state index contributed by atoms with van der Waals surface area (Å²) in [4.78, 5) is 31.9. The molecule has 0 bridgehead atoms. The molecule has 0 amide bonds. The molecule has 6 heteroatoms. The van der Waals surface area contributed by atoms with Gasteiger partial charge in [0, 0.05) is 6.08 Å². The second kappa shape index (κ2) is 13.4. The fourth-order valence-electron chi connectivity index (χ4n) is 2.90. The Morgan fingerprint density at radius 1 is 1.04 bits per heavy atom. The smallest absolute Gasteiger partial charge is 0.330 e. The number of hydrogen-bond donors (Lipinski definition) is 2. The number of carboxylic acid groups (broad SMARTS) is 2. The van der Waals surface area contributed by atoms with E-state index in [0.29, 0.717) is 25.7 Å². The topological polar surface area (TPSA) is 101 Å². The van der Waals surface area contributed by atoms with Crippen molar-refractivity contribution in [1.29, 1.82) is 0 Å². The van der Waals surface area contributed by atoms with E-state index in [2.05, 4.69) is 20.4 Å². The first-order valence-corrected chi connectivity index (χ1v) is 9.49. The predicted molar refractivity (Wildman–Crippen MR) is 99.8 cm³/mol. The quantitative estimate of drug-likeness (QED) is 0.464. The summed E-state index contributed by atoms with van der Waals surface area (Å²) in [6, 6.07) is 0. The molecule has 0 heterocycles. The Hall–Kier alpha value is -1.85. The third-order valence-corrected chi connectivity index (χ3v) is 4.64. The van der Waals surface area contributed by atoms with Crippen molar-refractivity contribution in [3.63, 3.8) is 0 Å². The Kier molecular flexibility index (Phi) is 12.4. The van der Waals surface area contributed by atoms with Crippen molar-refractivity contribution in [3.8, 4) is 0 Å². The predicted octanol–water partition coefficient (Wildman–Crippen LogP) is 4.28. The molecule has 0 saturated heterocycles. The van der Waals surface area contributed by atoms with Crippen LogP contribution in [0.4, 0.5) is 0 Å². The number of ether oxygens (including phenoxy) is 1. The second-order valence-electron chi connectivity index (χ2n) is 7.22. The van der Waals surface area contributed by atoms with Crippen LogP contribution in [0.2, 0.25) is 0 Å². The Balaban J connectivity index is 0.000000485. The molecular formula is C20H34O6. The van der Waals surface area contributed by atoms with Gasteiger partial charge in [0.2, 0.25) is 0 Å². The highest BCUT2D eigenvalue weighted by Gasteiger charge is 2.29. The van der Waals surface area contributed by atoms with Gasteiger partial charge < -0.3 is 14.9 Å². The normalized spacial score (nSPS) is 20.5. The van der Waals surface area contributed by atoms with E-state index in [1.807, 2.05) is 6.92 Å². The first kappa shape index (κ1) is 24.1. The van der Waals surface area contributed by atoms with Crippen LogP contribution in [0.25, 0.3) is 0 Å². The summed E-state index contributed by atoms with van der Waals surface area (Å²) < 4.78 is 5.17. The Morgan fingerprint density at radius 2 is 1.50 bits per heavy atom. The van der Waals surface area contributed by atoms with Crippen LogP contribution in [-0.2, 0) is 19.1 Å². The third-order valence-electron chi connectivity index (χ3n) is 4.64. The van der Waals surface area contributed by atoms with Gasteiger partial charge in [-0.1, -0.05) is 33.8 Å². The SMILES string of the molecule is C=CC(=O)OC(CC)CCCC(C)C.O=C(O)C1CCC(C(=O)O)CC1. The molecule has 26 heavy (non-hydrogen) atoms. The summed E-state index contributed by atoms with van der Waals surface area (Å²) in [5, 5.41) is 17.2. The van der Waals surface area contributed by atoms with Crippen LogP contribution in [0.15, 0.2) is 12.7 Å². The van der Waals surface area contributed by atoms with E-state index in [1.165, 1.54) is 12.5 Å². The molecule has 0 radical (unpaired) electrons. The lowest BCUT2D eigenvalue weighted by atomic mass is 9.82. The molecular weight excluding hydrogens is 336 g/mol. The molecule has 1 fully saturated rings. The van der Waals surface area contributed by atoms with E-state index < -0.39 is 11.9 Å². The first-order valence-electron chi connectivity index (χ1n) is 9.49. The highest BCUT2D eigenvalue weighted by atomic mass is 16.5. The molecule has 0 aromatic rings. The number of carbonyl (C=O) groups excluding carboxylic acids is 1. The monoisotopic (exact) mass is 370 g/mol. The average molecular weight is 370 g/mol. The number of esters is 1. The summed E-state index contributed by atoms with van der Waals surface area (Å²) >= 11 is 0. The number of carboxylic acids is 2. The minimum atomic E-state index is -0.793. The Labute approximate surface area is 156 Å². The maximum atomic E-state index is 10.9. The Bertz CT molecular complexity index is 427. The van der Waals surface area contributed by atoms with E-state index in [0.717, 1.165) is 25.2 Å². The van der Waals surface area contributed by atoms with E-state index in [4.69, 9.17) is 14.9 Å². The van der Waals surface area contributed by atoms with E-state index in [1.54, 1.807) is 0 Å². The number of rotatable bonds is 9. The van der Waals surface area contributed by atoms with Crippen LogP contribution in [-0.4, -0.2) is 34.2 Å². The van der Waals surface area contributed by atoms with E-state index >= 15 is 0 Å². The minimum Gasteiger partial charge on any atom is -0.481 e. The van der Waals surface area contributed by atoms with Gasteiger partial charge in [-0.05, 0) is 50.9 Å². The van der Waals surface area contributed by atoms with Crippen molar-refractivity contribution < 1.29 is 29.3 Å². The molecule has 1 rings (SSSR count). The number of hydrogen-bond acceptors (Lipinski definition) is 4. The van der Waals surface area contributed by atoms with Crippen molar-refractivity contribution >= 4 is 17.9 Å². The van der Waals surface area contributed by atoms with E-state index in [-0.39, 0.29) is 23.9 Å². The second-order valence-corrected chi connectivity index (χ2v) is 7.22. The molecule has 1 atom stereocenters. The zero-order chi connectivity index (χ0) is 20.1. The van der Waals surface area contributed by atoms with Crippen LogP contribution in [0.1, 0.15) is 72.1 Å². The van der Waals surface area contributed by atoms with E-state index in [9.17, 15) is 14.4 Å². The summed E-state index contributed by atoms with van der Waals surface area (Å²) in [6.45, 7) is 9.83. The molecule has 6 nitrogen and oxygen atoms in total. The minimum absolute atomic E-state index is 0.0687. The van der Waals surface area contributed by atoms with Crippen molar-refractivity contribution in [2.45, 2.75) is 78.2 Å². The molecule has 0 aromatic carbocycles. The lowest BCUT2D eigenvalue weighted by Crippen LogP contribution is -2.25. The van der Waals surface area contributed by atoms with Crippen molar-refractivity contribution in [3.05, 3.63) is 12.7 Å². The maximum Gasteiger partial charge on any atom is 0.330 e. The molecule has 1 aliphatic rings. The summed E-state index contributed by atoms with van der Waals surface area (Å²) in [5.74, 6) is -1.80. The lowest BCUT2D eigenvalue weighted by molar-refractivity contribution is -0.148. The van der Waals surface area contributed by atoms with Gasteiger partial charge in [-0.15, -0.1) is 0 Å². The van der Waals surface area contributed by atoms with Gasteiger partial charge in [-0.25, -0.2) is 4.79 Å². The molecule has 150 valence electrons. The molecule has 2 N–H and O–H groups in total. The van der Waals surface area contributed by atoms with Crippen molar-refractivity contribution in [2.24, 2.45) is 17.8 Å². The van der Waals surface area contributed by atoms with Gasteiger partial charge in [0.1, 0.15) is 6.10 Å². The summed E-state index contributed by atoms with van der Waals surface area (Å²) in [5.41, 5.74) is 0. The van der Waals surface area contributed by atoms with Crippen LogP contribution in [0.5, 0.6) is 0 Å². The van der Waals surface area contributed by atoms with Gasteiger partial charge in [0.25, 0.3) is 0 Å². The first-order chi connectivity index (χ1) is 12.2. The van der Waals surface area contributed by atoms with Gasteiger partial charge in [0.05, 0.1) is 11.8 Å². The zero-order valence-corrected chi connectivity index (χ0v) is 16.3. The van der Waals surface area contributed by atoms with Gasteiger partial charge >= 0.3 is 17.9 Å². The molecule has 0 aliphatic heterocycles. The summed E-state index contributed by atoms with van der Waals surface area (Å²) in [6.07, 6.45) is 7.50. The average Bonchev–Trinajstić information content (AvgIpc) is 2.60. The number of aliphatic carboxylic acids is 2. The van der Waals surface area contributed by atoms with Crippen molar-refractivity contribution in [2.75, 3.05) is 0 Å². The number of carbonyl (C=O) groups is 3. The highest BCUT2D eigenvalue weighted by molar-refractivity contribution is 5.81. The molecule has 1 unspecified atom stereocenters. The standard InChI is InChI=1S/C12H22O2.C8H12O4/c1-5-11(14-12(13)6-2)9-7-8-10(3)4;9-7(10)5-1-2-6(4-3-5)8(11)12/h6,10-11H,2,5,7-9H2,1,3-4H3;5-6H,1-4H2,(H,9,10)(H,11,12). The van der Waals surface area contributed by atoms with Gasteiger partial charge in [-0.3, -0.25) is 9.59 Å². The molecule has 1 saturated carbocycles. The third kappa shape index (κ3) is 10.9. The van der Waals surface area contributed by atoms with Crippen LogP contribution in [0, 0.1) is 17.8 Å². The fraction of sp³-hybridized carbons (Fsp3) is 0.750. The fourth-order valence-corrected chi connectivity index (χ4v) is 2.90. The van der Waals surface area contributed by atoms with Crippen molar-refractivity contribution in [1.82, 2.24) is 0 Å². The lowest BCUT2D eigenvalue weighted by Gasteiger charge is -2.22. The van der Waals surface area contributed by atoms with Gasteiger partial charge in [0.15, 0.2) is 0 Å². The van der Waals surface area contributed by atoms with Crippen LogP contribution >= 0.6 is 0 Å². The summed E-state index contributed by atoms with van der Waals surface area (Å²) in [7, 11) is 0. The van der Waals surface area contributed by atoms with Crippen LogP contribution in [0.3, 0.4) is 0 Å².